The number of non-ortho nitro benzene ring substituents is 1. The highest BCUT2D eigenvalue weighted by Gasteiger charge is 2.04. The number of carbonyl (C=O) groups is 2. The third-order valence-corrected chi connectivity index (χ3v) is 1.74. The second-order valence-electron chi connectivity index (χ2n) is 3.03. The minimum atomic E-state index is -0.733. The van der Waals surface area contributed by atoms with Crippen LogP contribution in [0.15, 0.2) is 36.4 Å². The quantitative estimate of drug-likeness (QED) is 0.451. The number of nitro benzene ring substituents is 1. The highest BCUT2D eigenvalue weighted by molar-refractivity contribution is 6.03. The van der Waals surface area contributed by atoms with Crippen LogP contribution in [0.1, 0.15) is 0 Å². The summed E-state index contributed by atoms with van der Waals surface area (Å²) in [5, 5.41) is 12.8. The van der Waals surface area contributed by atoms with Gasteiger partial charge in [0.05, 0.1) is 4.92 Å². The molecule has 17 heavy (non-hydrogen) atoms. The van der Waals surface area contributed by atoms with Crippen LogP contribution in [0.5, 0.6) is 0 Å². The van der Waals surface area contributed by atoms with Crippen molar-refractivity contribution in [3.8, 4) is 0 Å². The first kappa shape index (κ1) is 12.4. The van der Waals surface area contributed by atoms with E-state index in [9.17, 15) is 19.7 Å². The number of nitro groups is 1. The van der Waals surface area contributed by atoms with Gasteiger partial charge in [0.15, 0.2) is 0 Å². The molecule has 0 bridgehead atoms. The average molecular weight is 235 g/mol. The molecule has 1 rings (SSSR count). The number of hydrogen-bond acceptors (Lipinski definition) is 4. The highest BCUT2D eigenvalue weighted by Crippen LogP contribution is 2.15. The van der Waals surface area contributed by atoms with Gasteiger partial charge in [-0.2, -0.15) is 0 Å². The Hall–Kier alpha value is -2.70. The predicted octanol–water partition coefficient (Wildman–Crippen LogP) is 0.575. The van der Waals surface area contributed by atoms with Crippen molar-refractivity contribution in [1.82, 2.24) is 0 Å². The van der Waals surface area contributed by atoms with Crippen LogP contribution in [-0.4, -0.2) is 16.7 Å². The Balaban J connectivity index is 2.66. The average Bonchev–Trinajstić information content (AvgIpc) is 2.27. The van der Waals surface area contributed by atoms with Gasteiger partial charge in [-0.05, 0) is 12.1 Å². The molecular formula is C10H9N3O4. The van der Waals surface area contributed by atoms with E-state index in [1.165, 1.54) is 24.3 Å². The van der Waals surface area contributed by atoms with Crippen LogP contribution in [-0.2, 0) is 9.59 Å². The first-order valence-electron chi connectivity index (χ1n) is 4.52. The van der Waals surface area contributed by atoms with Crippen molar-refractivity contribution in [2.45, 2.75) is 0 Å². The van der Waals surface area contributed by atoms with E-state index in [2.05, 4.69) is 5.32 Å². The lowest BCUT2D eigenvalue weighted by Gasteiger charge is -2.00. The van der Waals surface area contributed by atoms with Gasteiger partial charge in [0, 0.05) is 30.0 Å². The van der Waals surface area contributed by atoms with E-state index in [1.54, 1.807) is 0 Å². The van der Waals surface area contributed by atoms with Crippen LogP contribution in [0.4, 0.5) is 11.4 Å². The lowest BCUT2D eigenvalue weighted by atomic mass is 10.3. The Bertz CT molecular complexity index is 479. The fraction of sp³-hybridized carbons (Fsp3) is 0. The molecule has 3 N–H and O–H groups in total. The molecule has 0 saturated heterocycles. The number of carbonyl (C=O) groups excluding carboxylic acids is 2. The summed E-state index contributed by atoms with van der Waals surface area (Å²) < 4.78 is 0. The lowest BCUT2D eigenvalue weighted by molar-refractivity contribution is -0.384. The van der Waals surface area contributed by atoms with Gasteiger partial charge in [0.2, 0.25) is 11.8 Å². The molecule has 0 radical (unpaired) electrons. The number of anilines is 1. The number of amides is 2. The SMILES string of the molecule is NC(=O)/C=C\C(=O)Nc1ccc([N+](=O)[O-])cc1. The number of hydrogen-bond donors (Lipinski definition) is 2. The summed E-state index contributed by atoms with van der Waals surface area (Å²) >= 11 is 0. The second kappa shape index (κ2) is 5.40. The molecule has 1 aromatic rings. The Morgan fingerprint density at radius 1 is 1.24 bits per heavy atom. The van der Waals surface area contributed by atoms with Gasteiger partial charge in [0.1, 0.15) is 0 Å². The predicted molar refractivity (Wildman–Crippen MR) is 60.1 cm³/mol. The number of nitrogens with one attached hydrogen (secondary N) is 1. The third kappa shape index (κ3) is 4.12. The van der Waals surface area contributed by atoms with E-state index in [4.69, 9.17) is 5.73 Å². The summed E-state index contributed by atoms with van der Waals surface area (Å²) in [6.45, 7) is 0. The number of benzene rings is 1. The van der Waals surface area contributed by atoms with Crippen LogP contribution < -0.4 is 11.1 Å². The van der Waals surface area contributed by atoms with Crippen molar-refractivity contribution in [2.75, 3.05) is 5.32 Å². The van der Waals surface area contributed by atoms with Gasteiger partial charge in [-0.15, -0.1) is 0 Å². The number of nitrogens with zero attached hydrogens (tertiary/aromatic N) is 1. The van der Waals surface area contributed by atoms with Gasteiger partial charge >= 0.3 is 0 Å². The maximum Gasteiger partial charge on any atom is 0.269 e. The number of primary amides is 1. The summed E-state index contributed by atoms with van der Waals surface area (Å²) in [4.78, 5) is 31.4. The van der Waals surface area contributed by atoms with Crippen LogP contribution in [0.3, 0.4) is 0 Å². The van der Waals surface area contributed by atoms with Gasteiger partial charge < -0.3 is 11.1 Å². The molecule has 88 valence electrons. The molecule has 7 heteroatoms. The van der Waals surface area contributed by atoms with E-state index < -0.39 is 16.7 Å². The van der Waals surface area contributed by atoms with E-state index >= 15 is 0 Å². The maximum atomic E-state index is 11.2. The molecule has 0 saturated carbocycles. The maximum absolute atomic E-state index is 11.2. The first-order chi connectivity index (χ1) is 7.99. The molecule has 0 atom stereocenters. The molecular weight excluding hydrogens is 226 g/mol. The number of rotatable bonds is 4. The zero-order valence-electron chi connectivity index (χ0n) is 8.62. The Kier molecular flexibility index (Phi) is 3.93. The van der Waals surface area contributed by atoms with Gasteiger partial charge in [-0.3, -0.25) is 19.7 Å². The van der Waals surface area contributed by atoms with Gasteiger partial charge in [0.25, 0.3) is 5.69 Å². The van der Waals surface area contributed by atoms with E-state index in [1.807, 2.05) is 0 Å². The van der Waals surface area contributed by atoms with Crippen molar-refractivity contribution in [1.29, 1.82) is 0 Å². The van der Waals surface area contributed by atoms with Crippen molar-refractivity contribution >= 4 is 23.2 Å². The fourth-order valence-electron chi connectivity index (χ4n) is 1.01. The normalized spacial score (nSPS) is 10.1. The number of nitrogens with two attached hydrogens (primary N) is 1. The van der Waals surface area contributed by atoms with Crippen molar-refractivity contribution in [3.63, 3.8) is 0 Å². The fourth-order valence-corrected chi connectivity index (χ4v) is 1.01. The Morgan fingerprint density at radius 2 is 1.82 bits per heavy atom. The standard InChI is InChI=1S/C10H9N3O4/c11-9(14)5-6-10(15)12-7-1-3-8(4-2-7)13(16)17/h1-6H,(H2,11,14)(H,12,15)/b6-5-. The van der Waals surface area contributed by atoms with Gasteiger partial charge in [-0.25, -0.2) is 0 Å². The molecule has 1 aromatic carbocycles. The molecule has 7 nitrogen and oxygen atoms in total. The molecule has 2 amide bonds. The minimum Gasteiger partial charge on any atom is -0.366 e. The van der Waals surface area contributed by atoms with Crippen molar-refractivity contribution in [3.05, 3.63) is 46.5 Å². The van der Waals surface area contributed by atoms with Crippen molar-refractivity contribution < 1.29 is 14.5 Å². The molecule has 0 unspecified atom stereocenters. The second-order valence-corrected chi connectivity index (χ2v) is 3.03. The molecule has 0 heterocycles. The summed E-state index contributed by atoms with van der Waals surface area (Å²) in [7, 11) is 0. The Morgan fingerprint density at radius 3 is 2.29 bits per heavy atom. The minimum absolute atomic E-state index is 0.0734. The molecule has 0 aliphatic carbocycles. The first-order valence-corrected chi connectivity index (χ1v) is 4.52. The third-order valence-electron chi connectivity index (χ3n) is 1.74. The van der Waals surface area contributed by atoms with E-state index in [0.717, 1.165) is 12.2 Å². The van der Waals surface area contributed by atoms with Crippen LogP contribution in [0.2, 0.25) is 0 Å². The zero-order chi connectivity index (χ0) is 12.8. The van der Waals surface area contributed by atoms with Crippen LogP contribution in [0.25, 0.3) is 0 Å². The monoisotopic (exact) mass is 235 g/mol. The summed E-state index contributed by atoms with van der Waals surface area (Å²) in [5.74, 6) is -1.28. The van der Waals surface area contributed by atoms with Crippen LogP contribution >= 0.6 is 0 Å². The summed E-state index contributed by atoms with van der Waals surface area (Å²) in [6.07, 6.45) is 1.89. The zero-order valence-corrected chi connectivity index (χ0v) is 8.62. The molecule has 0 aromatic heterocycles. The smallest absolute Gasteiger partial charge is 0.269 e. The van der Waals surface area contributed by atoms with Gasteiger partial charge in [-0.1, -0.05) is 0 Å². The van der Waals surface area contributed by atoms with Crippen molar-refractivity contribution in [2.24, 2.45) is 5.73 Å². The molecule has 0 spiro atoms. The summed E-state index contributed by atoms with van der Waals surface area (Å²) in [6, 6.07) is 5.28. The Labute approximate surface area is 96.1 Å². The van der Waals surface area contributed by atoms with E-state index in [-0.39, 0.29) is 5.69 Å². The highest BCUT2D eigenvalue weighted by atomic mass is 16.6. The lowest BCUT2D eigenvalue weighted by Crippen LogP contribution is -2.11. The van der Waals surface area contributed by atoms with Crippen LogP contribution in [0, 0.1) is 10.1 Å². The summed E-state index contributed by atoms with van der Waals surface area (Å²) in [5.41, 5.74) is 5.12. The van der Waals surface area contributed by atoms with E-state index in [0.29, 0.717) is 5.69 Å². The largest absolute Gasteiger partial charge is 0.366 e. The molecule has 0 aliphatic rings. The molecule has 0 aliphatic heterocycles. The molecule has 0 fully saturated rings. The topological polar surface area (TPSA) is 115 Å².